The van der Waals surface area contributed by atoms with Crippen molar-refractivity contribution in [3.05, 3.63) is 35.9 Å². The van der Waals surface area contributed by atoms with E-state index in [2.05, 4.69) is 26.0 Å². The number of hydrogen-bond donors (Lipinski definition) is 1. The monoisotopic (exact) mass is 277 g/mol. The normalized spacial score (nSPS) is 20.8. The van der Waals surface area contributed by atoms with E-state index in [0.717, 1.165) is 12.8 Å². The predicted molar refractivity (Wildman–Crippen MR) is 81.2 cm³/mol. The second kappa shape index (κ2) is 6.70. The summed E-state index contributed by atoms with van der Waals surface area (Å²) in [6, 6.07) is 10.2. The number of rotatable bonds is 6. The van der Waals surface area contributed by atoms with E-state index < -0.39 is 0 Å². The van der Waals surface area contributed by atoms with Crippen molar-refractivity contribution in [3.8, 4) is 0 Å². The third-order valence-electron chi connectivity index (χ3n) is 4.45. The van der Waals surface area contributed by atoms with Crippen LogP contribution >= 0.6 is 0 Å². The Morgan fingerprint density at radius 1 is 1.05 bits per heavy atom. The lowest BCUT2D eigenvalue weighted by Crippen LogP contribution is -2.46. The van der Waals surface area contributed by atoms with Gasteiger partial charge in [-0.15, -0.1) is 0 Å². The molecule has 1 aromatic carbocycles. The third kappa shape index (κ3) is 4.30. The second-order valence-electron chi connectivity index (χ2n) is 6.65. The molecule has 112 valence electrons. The average Bonchev–Trinajstić information content (AvgIpc) is 2.47. The second-order valence-corrected chi connectivity index (χ2v) is 6.65. The number of nitrogens with two attached hydrogens (primary N) is 1. The molecule has 0 unspecified atom stereocenters. The molecule has 0 bridgehead atoms. The zero-order valence-electron chi connectivity index (χ0n) is 12.7. The zero-order valence-corrected chi connectivity index (χ0v) is 12.7. The molecular weight excluding hydrogens is 250 g/mol. The van der Waals surface area contributed by atoms with Crippen LogP contribution in [0.5, 0.6) is 0 Å². The first-order valence-electron chi connectivity index (χ1n) is 7.51. The minimum absolute atomic E-state index is 0.174. The highest BCUT2D eigenvalue weighted by Gasteiger charge is 2.38. The van der Waals surface area contributed by atoms with Crippen molar-refractivity contribution in [2.24, 2.45) is 11.1 Å². The summed E-state index contributed by atoms with van der Waals surface area (Å²) in [6.07, 6.45) is 4.40. The minimum atomic E-state index is -0.174. The van der Waals surface area contributed by atoms with Crippen LogP contribution in [0, 0.1) is 5.41 Å². The van der Waals surface area contributed by atoms with Crippen molar-refractivity contribution in [1.29, 1.82) is 0 Å². The molecule has 1 aliphatic carbocycles. The summed E-state index contributed by atoms with van der Waals surface area (Å²) in [5, 5.41) is 0. The fourth-order valence-electron chi connectivity index (χ4n) is 2.69. The molecule has 1 aliphatic rings. The van der Waals surface area contributed by atoms with Crippen molar-refractivity contribution in [1.82, 2.24) is 0 Å². The van der Waals surface area contributed by atoms with Crippen molar-refractivity contribution in [3.63, 3.8) is 0 Å². The largest absolute Gasteiger partial charge is 0.351 e. The van der Waals surface area contributed by atoms with Gasteiger partial charge in [0.2, 0.25) is 0 Å². The van der Waals surface area contributed by atoms with Gasteiger partial charge >= 0.3 is 0 Å². The Kier molecular flexibility index (Phi) is 5.19. The Hall–Kier alpha value is -0.900. The van der Waals surface area contributed by atoms with Crippen molar-refractivity contribution in [2.75, 3.05) is 13.3 Å². The maximum atomic E-state index is 5.99. The molecule has 1 aromatic rings. The van der Waals surface area contributed by atoms with E-state index in [9.17, 15) is 0 Å². The zero-order chi connectivity index (χ0) is 14.5. The van der Waals surface area contributed by atoms with Gasteiger partial charge in [0.1, 0.15) is 6.79 Å². The molecule has 1 saturated carbocycles. The van der Waals surface area contributed by atoms with Gasteiger partial charge in [0.25, 0.3) is 0 Å². The standard InChI is InChI=1S/C17H27NO2/c1-16(2)8-10-17(13-18,11-9-16)20-14-19-12-15-6-4-3-5-7-15/h3-7H,8-14,18H2,1-2H3. The predicted octanol–water partition coefficient (Wildman–Crippen LogP) is 3.48. The fourth-order valence-corrected chi connectivity index (χ4v) is 2.69. The van der Waals surface area contributed by atoms with Crippen molar-refractivity contribution in [2.45, 2.75) is 51.7 Å². The fraction of sp³-hybridized carbons (Fsp3) is 0.647. The minimum Gasteiger partial charge on any atom is -0.351 e. The Labute approximate surface area is 122 Å². The number of hydrogen-bond acceptors (Lipinski definition) is 3. The molecule has 0 spiro atoms. The van der Waals surface area contributed by atoms with Crippen LogP contribution in [0.1, 0.15) is 45.1 Å². The van der Waals surface area contributed by atoms with Gasteiger partial charge in [-0.05, 0) is 36.7 Å². The van der Waals surface area contributed by atoms with E-state index in [1.807, 2.05) is 18.2 Å². The van der Waals surface area contributed by atoms with Gasteiger partial charge in [0, 0.05) is 6.54 Å². The van der Waals surface area contributed by atoms with E-state index in [1.165, 1.54) is 18.4 Å². The van der Waals surface area contributed by atoms with Gasteiger partial charge in [0.05, 0.1) is 12.2 Å². The summed E-state index contributed by atoms with van der Waals surface area (Å²) in [5.74, 6) is 0. The first kappa shape index (κ1) is 15.5. The summed E-state index contributed by atoms with van der Waals surface area (Å²) in [4.78, 5) is 0. The van der Waals surface area contributed by atoms with Crippen LogP contribution < -0.4 is 5.73 Å². The van der Waals surface area contributed by atoms with Crippen LogP contribution in [0.4, 0.5) is 0 Å². The SMILES string of the molecule is CC1(C)CCC(CN)(OCOCc2ccccc2)CC1. The summed E-state index contributed by atoms with van der Waals surface area (Å²) >= 11 is 0. The Bertz CT molecular complexity index is 393. The molecular formula is C17H27NO2. The van der Waals surface area contributed by atoms with Gasteiger partial charge in [0.15, 0.2) is 0 Å². The topological polar surface area (TPSA) is 44.5 Å². The first-order chi connectivity index (χ1) is 9.55. The lowest BCUT2D eigenvalue weighted by atomic mass is 9.71. The summed E-state index contributed by atoms with van der Waals surface area (Å²) in [5.41, 5.74) is 7.36. The van der Waals surface area contributed by atoms with Crippen LogP contribution in [0.25, 0.3) is 0 Å². The molecule has 1 fully saturated rings. The number of benzene rings is 1. The lowest BCUT2D eigenvalue weighted by molar-refractivity contribution is -0.163. The van der Waals surface area contributed by atoms with E-state index >= 15 is 0 Å². The van der Waals surface area contributed by atoms with Gasteiger partial charge < -0.3 is 15.2 Å². The van der Waals surface area contributed by atoms with Crippen LogP contribution in [0.3, 0.4) is 0 Å². The molecule has 20 heavy (non-hydrogen) atoms. The Morgan fingerprint density at radius 2 is 1.70 bits per heavy atom. The van der Waals surface area contributed by atoms with E-state index in [0.29, 0.717) is 25.4 Å². The number of ether oxygens (including phenoxy) is 2. The van der Waals surface area contributed by atoms with Crippen LogP contribution in [-0.4, -0.2) is 18.9 Å². The highest BCUT2D eigenvalue weighted by Crippen LogP contribution is 2.41. The molecule has 2 N–H and O–H groups in total. The molecule has 3 nitrogen and oxygen atoms in total. The van der Waals surface area contributed by atoms with Gasteiger partial charge in [-0.2, -0.15) is 0 Å². The van der Waals surface area contributed by atoms with Crippen molar-refractivity contribution >= 4 is 0 Å². The smallest absolute Gasteiger partial charge is 0.147 e. The van der Waals surface area contributed by atoms with Crippen LogP contribution in [0.2, 0.25) is 0 Å². The maximum absolute atomic E-state index is 5.99. The Morgan fingerprint density at radius 3 is 2.30 bits per heavy atom. The summed E-state index contributed by atoms with van der Waals surface area (Å²) in [7, 11) is 0. The molecule has 0 radical (unpaired) electrons. The molecule has 3 heteroatoms. The molecule has 0 heterocycles. The third-order valence-corrected chi connectivity index (χ3v) is 4.45. The van der Waals surface area contributed by atoms with Crippen LogP contribution in [0.15, 0.2) is 30.3 Å². The van der Waals surface area contributed by atoms with Crippen LogP contribution in [-0.2, 0) is 16.1 Å². The molecule has 0 saturated heterocycles. The lowest BCUT2D eigenvalue weighted by Gasteiger charge is -2.42. The van der Waals surface area contributed by atoms with Gasteiger partial charge in [-0.25, -0.2) is 0 Å². The molecule has 2 rings (SSSR count). The Balaban J connectivity index is 1.74. The van der Waals surface area contributed by atoms with E-state index in [-0.39, 0.29) is 5.60 Å². The highest BCUT2D eigenvalue weighted by atomic mass is 16.7. The van der Waals surface area contributed by atoms with Gasteiger partial charge in [-0.1, -0.05) is 44.2 Å². The summed E-state index contributed by atoms with van der Waals surface area (Å²) in [6.45, 7) is 6.13. The molecule has 0 amide bonds. The van der Waals surface area contributed by atoms with Crippen molar-refractivity contribution < 1.29 is 9.47 Å². The maximum Gasteiger partial charge on any atom is 0.147 e. The first-order valence-corrected chi connectivity index (χ1v) is 7.51. The molecule has 0 aliphatic heterocycles. The molecule has 0 atom stereocenters. The molecule has 0 aromatic heterocycles. The van der Waals surface area contributed by atoms with E-state index in [1.54, 1.807) is 0 Å². The average molecular weight is 277 g/mol. The quantitative estimate of drug-likeness (QED) is 0.639. The van der Waals surface area contributed by atoms with Gasteiger partial charge in [-0.3, -0.25) is 0 Å². The highest BCUT2D eigenvalue weighted by molar-refractivity contribution is 5.13. The van der Waals surface area contributed by atoms with E-state index in [4.69, 9.17) is 15.2 Å². The summed E-state index contributed by atoms with van der Waals surface area (Å²) < 4.78 is 11.6.